The van der Waals surface area contributed by atoms with E-state index < -0.39 is 0 Å². The Morgan fingerprint density at radius 2 is 2.00 bits per heavy atom. The Balaban J connectivity index is 2.73. The lowest BCUT2D eigenvalue weighted by Gasteiger charge is -2.23. The Hall–Kier alpha value is -0.930. The highest BCUT2D eigenvalue weighted by atomic mass is 19.1. The molecule has 0 saturated heterocycles. The molecule has 0 spiro atoms. The van der Waals surface area contributed by atoms with Crippen LogP contribution in [0.15, 0.2) is 24.3 Å². The minimum Gasteiger partial charge on any atom is -0.369 e. The zero-order valence-electron chi connectivity index (χ0n) is 11.6. The van der Waals surface area contributed by atoms with E-state index in [1.165, 1.54) is 6.07 Å². The van der Waals surface area contributed by atoms with Gasteiger partial charge in [-0.05, 0) is 32.4 Å². The first kappa shape index (κ1) is 15.1. The summed E-state index contributed by atoms with van der Waals surface area (Å²) in [6, 6.07) is 6.85. The molecule has 0 aliphatic rings. The van der Waals surface area contributed by atoms with Crippen LogP contribution in [0.25, 0.3) is 0 Å². The van der Waals surface area contributed by atoms with Gasteiger partial charge in [0, 0.05) is 12.1 Å². The summed E-state index contributed by atoms with van der Waals surface area (Å²) in [4.78, 5) is 0. The van der Waals surface area contributed by atoms with Crippen molar-refractivity contribution in [3.63, 3.8) is 0 Å². The first-order valence-corrected chi connectivity index (χ1v) is 6.79. The fourth-order valence-corrected chi connectivity index (χ4v) is 1.75. The molecule has 1 aromatic carbocycles. The van der Waals surface area contributed by atoms with E-state index in [1.807, 2.05) is 13.0 Å². The highest BCUT2D eigenvalue weighted by molar-refractivity contribution is 5.20. The van der Waals surface area contributed by atoms with Gasteiger partial charge in [0.15, 0.2) is 0 Å². The first-order valence-electron chi connectivity index (χ1n) is 6.79. The van der Waals surface area contributed by atoms with E-state index in [0.29, 0.717) is 12.1 Å². The summed E-state index contributed by atoms with van der Waals surface area (Å²) in [6.07, 6.45) is 1.91. The third-order valence-electron chi connectivity index (χ3n) is 2.98. The van der Waals surface area contributed by atoms with Crippen molar-refractivity contribution in [3.8, 4) is 0 Å². The van der Waals surface area contributed by atoms with Gasteiger partial charge in [-0.25, -0.2) is 4.39 Å². The van der Waals surface area contributed by atoms with E-state index in [-0.39, 0.29) is 18.0 Å². The summed E-state index contributed by atoms with van der Waals surface area (Å²) in [5.41, 5.74) is 0.640. The fourth-order valence-electron chi connectivity index (χ4n) is 1.75. The highest BCUT2D eigenvalue weighted by Gasteiger charge is 2.17. The molecule has 1 aromatic rings. The van der Waals surface area contributed by atoms with E-state index in [0.717, 1.165) is 19.4 Å². The predicted molar refractivity (Wildman–Crippen MR) is 73.1 cm³/mol. The van der Waals surface area contributed by atoms with Gasteiger partial charge < -0.3 is 10.1 Å². The van der Waals surface area contributed by atoms with E-state index in [2.05, 4.69) is 19.2 Å². The third kappa shape index (κ3) is 4.75. The van der Waals surface area contributed by atoms with Crippen molar-refractivity contribution in [1.29, 1.82) is 0 Å². The molecule has 18 heavy (non-hydrogen) atoms. The number of ether oxygens (including phenoxy) is 1. The minimum absolute atomic E-state index is 0.137. The molecule has 0 amide bonds. The molecule has 2 atom stereocenters. The van der Waals surface area contributed by atoms with Crippen molar-refractivity contribution in [1.82, 2.24) is 5.32 Å². The van der Waals surface area contributed by atoms with Crippen molar-refractivity contribution >= 4 is 0 Å². The second kappa shape index (κ2) is 8.22. The molecule has 0 aliphatic carbocycles. The number of hydrogen-bond donors (Lipinski definition) is 1. The Labute approximate surface area is 110 Å². The Morgan fingerprint density at radius 1 is 1.28 bits per heavy atom. The lowest BCUT2D eigenvalue weighted by atomic mass is 10.1. The average molecular weight is 253 g/mol. The van der Waals surface area contributed by atoms with Crippen LogP contribution in [0.2, 0.25) is 0 Å². The number of hydrogen-bond acceptors (Lipinski definition) is 2. The van der Waals surface area contributed by atoms with Crippen LogP contribution in [0.3, 0.4) is 0 Å². The van der Waals surface area contributed by atoms with Crippen LogP contribution < -0.4 is 5.32 Å². The zero-order chi connectivity index (χ0) is 13.4. The zero-order valence-corrected chi connectivity index (χ0v) is 11.6. The summed E-state index contributed by atoms with van der Waals surface area (Å²) in [5, 5.41) is 3.30. The standard InChI is InChI=1S/C15H24FNO/c1-4-10-17-11-15(18-12(3)5-2)13-8-6-7-9-14(13)16/h6-9,12,15,17H,4-5,10-11H2,1-3H3. The van der Waals surface area contributed by atoms with Gasteiger partial charge in [-0.1, -0.05) is 32.0 Å². The molecule has 0 radical (unpaired) electrons. The summed E-state index contributed by atoms with van der Waals surface area (Å²) >= 11 is 0. The van der Waals surface area contributed by atoms with E-state index in [9.17, 15) is 4.39 Å². The van der Waals surface area contributed by atoms with Crippen molar-refractivity contribution in [2.45, 2.75) is 45.8 Å². The van der Waals surface area contributed by atoms with Crippen LogP contribution in [-0.2, 0) is 4.74 Å². The Kier molecular flexibility index (Phi) is 6.91. The average Bonchev–Trinajstić information content (AvgIpc) is 2.38. The van der Waals surface area contributed by atoms with Gasteiger partial charge in [0.1, 0.15) is 5.82 Å². The van der Waals surface area contributed by atoms with Gasteiger partial charge in [-0.15, -0.1) is 0 Å². The lowest BCUT2D eigenvalue weighted by Crippen LogP contribution is -2.27. The Morgan fingerprint density at radius 3 is 2.61 bits per heavy atom. The topological polar surface area (TPSA) is 21.3 Å². The molecule has 0 aliphatic heterocycles. The second-order valence-corrected chi connectivity index (χ2v) is 4.57. The minimum atomic E-state index is -0.215. The van der Waals surface area contributed by atoms with Gasteiger partial charge in [-0.2, -0.15) is 0 Å². The molecule has 0 aromatic heterocycles. The molecular weight excluding hydrogens is 229 g/mol. The van der Waals surface area contributed by atoms with Gasteiger partial charge in [-0.3, -0.25) is 0 Å². The quantitative estimate of drug-likeness (QED) is 0.714. The SMILES string of the molecule is CCCNCC(OC(C)CC)c1ccccc1F. The van der Waals surface area contributed by atoms with Crippen LogP contribution in [0.1, 0.15) is 45.3 Å². The third-order valence-corrected chi connectivity index (χ3v) is 2.98. The van der Waals surface area contributed by atoms with Crippen molar-refractivity contribution in [3.05, 3.63) is 35.6 Å². The largest absolute Gasteiger partial charge is 0.369 e. The van der Waals surface area contributed by atoms with Crippen LogP contribution in [0.5, 0.6) is 0 Å². The second-order valence-electron chi connectivity index (χ2n) is 4.57. The van der Waals surface area contributed by atoms with Gasteiger partial charge in [0.25, 0.3) is 0 Å². The van der Waals surface area contributed by atoms with Gasteiger partial charge in [0.05, 0.1) is 12.2 Å². The monoisotopic (exact) mass is 253 g/mol. The number of halogens is 1. The maximum Gasteiger partial charge on any atom is 0.129 e. The number of nitrogens with one attached hydrogen (secondary N) is 1. The molecule has 2 nitrogen and oxygen atoms in total. The van der Waals surface area contributed by atoms with E-state index >= 15 is 0 Å². The van der Waals surface area contributed by atoms with E-state index in [4.69, 9.17) is 4.74 Å². The summed E-state index contributed by atoms with van der Waals surface area (Å²) in [6.45, 7) is 7.78. The van der Waals surface area contributed by atoms with Crippen LogP contribution >= 0.6 is 0 Å². The number of rotatable bonds is 8. The molecule has 2 unspecified atom stereocenters. The predicted octanol–water partition coefficient (Wildman–Crippen LogP) is 3.68. The fraction of sp³-hybridized carbons (Fsp3) is 0.600. The maximum atomic E-state index is 13.8. The van der Waals surface area contributed by atoms with Crippen LogP contribution in [0.4, 0.5) is 4.39 Å². The molecule has 102 valence electrons. The highest BCUT2D eigenvalue weighted by Crippen LogP contribution is 2.22. The molecular formula is C15H24FNO. The molecule has 0 fully saturated rings. The van der Waals surface area contributed by atoms with Gasteiger partial charge >= 0.3 is 0 Å². The summed E-state index contributed by atoms with van der Waals surface area (Å²) < 4.78 is 19.7. The molecule has 3 heteroatoms. The molecule has 0 bridgehead atoms. The van der Waals surface area contributed by atoms with Crippen LogP contribution in [-0.4, -0.2) is 19.2 Å². The normalized spacial score (nSPS) is 14.4. The first-order chi connectivity index (χ1) is 8.69. The smallest absolute Gasteiger partial charge is 0.129 e. The van der Waals surface area contributed by atoms with Gasteiger partial charge in [0.2, 0.25) is 0 Å². The van der Waals surface area contributed by atoms with E-state index in [1.54, 1.807) is 12.1 Å². The summed E-state index contributed by atoms with van der Waals surface area (Å²) in [7, 11) is 0. The molecule has 1 rings (SSSR count). The molecule has 0 heterocycles. The van der Waals surface area contributed by atoms with Crippen molar-refractivity contribution in [2.24, 2.45) is 0 Å². The Bertz CT molecular complexity index is 343. The number of benzene rings is 1. The molecule has 0 saturated carbocycles. The van der Waals surface area contributed by atoms with Crippen LogP contribution in [0, 0.1) is 5.82 Å². The van der Waals surface area contributed by atoms with Crippen molar-refractivity contribution < 1.29 is 9.13 Å². The summed E-state index contributed by atoms with van der Waals surface area (Å²) in [5.74, 6) is -0.191. The lowest BCUT2D eigenvalue weighted by molar-refractivity contribution is -0.00614. The molecule has 1 N–H and O–H groups in total. The maximum absolute atomic E-state index is 13.8. The van der Waals surface area contributed by atoms with Crippen molar-refractivity contribution in [2.75, 3.05) is 13.1 Å².